The molecule has 4 fully saturated rings. The predicted molar refractivity (Wildman–Crippen MR) is 330 cm³/mol. The van der Waals surface area contributed by atoms with Crippen molar-refractivity contribution in [1.82, 2.24) is 34.3 Å². The van der Waals surface area contributed by atoms with Gasteiger partial charge in [0.05, 0.1) is 14.2 Å². The van der Waals surface area contributed by atoms with Crippen molar-refractivity contribution in [3.8, 4) is 11.8 Å². The van der Waals surface area contributed by atoms with Gasteiger partial charge in [-0.3, -0.25) is 77.1 Å². The van der Waals surface area contributed by atoms with Gasteiger partial charge in [-0.2, -0.15) is 11.8 Å². The molecule has 4 aliphatic heterocycles. The fourth-order valence-electron chi connectivity index (χ4n) is 3.33. The lowest BCUT2D eigenvalue weighted by Gasteiger charge is -2.50. The molecule has 0 atom stereocenters. The number of carbonyl (C=O) groups excluding carboxylic acids is 13. The summed E-state index contributed by atoms with van der Waals surface area (Å²) in [5.74, 6) is -1.56. The molecule has 4 heterocycles. The lowest BCUT2D eigenvalue weighted by Crippen LogP contribution is -2.82. The molecule has 10 amide bonds. The smallest absolute Gasteiger partial charge is 0.302 e. The molecule has 4 aliphatic rings. The Hall–Kier alpha value is -5.78. The minimum absolute atomic E-state index is 0.0926. The monoisotopic (exact) mass is 1200 g/mol. The van der Waals surface area contributed by atoms with Crippen LogP contribution >= 0.6 is 11.8 Å². The van der Waals surface area contributed by atoms with Crippen LogP contribution in [0.4, 0.5) is 0 Å². The highest BCUT2D eigenvalue weighted by atomic mass is 32.2. The van der Waals surface area contributed by atoms with Crippen LogP contribution in [0.2, 0.25) is 46.7 Å². The summed E-state index contributed by atoms with van der Waals surface area (Å²) >= 11 is 1.75. The van der Waals surface area contributed by atoms with Crippen LogP contribution in [-0.2, 0) is 76.5 Å². The van der Waals surface area contributed by atoms with Gasteiger partial charge in [-0.1, -0.05) is 74.4 Å². The van der Waals surface area contributed by atoms with E-state index in [1.165, 1.54) is 93.8 Å². The zero-order chi connectivity index (χ0) is 68.0. The van der Waals surface area contributed by atoms with Crippen LogP contribution in [0.1, 0.15) is 83.1 Å². The molecule has 1 spiro atoms. The molecule has 4 saturated heterocycles. The third-order valence-electron chi connectivity index (χ3n) is 7.31. The van der Waals surface area contributed by atoms with Crippen molar-refractivity contribution >= 4 is 103 Å². The van der Waals surface area contributed by atoms with Gasteiger partial charge in [0.15, 0.2) is 0 Å². The lowest BCUT2D eigenvalue weighted by molar-refractivity contribution is -0.197. The number of ketones is 1. The molecule has 4 rings (SSSR count). The van der Waals surface area contributed by atoms with Crippen LogP contribution in [0.3, 0.4) is 0 Å². The lowest BCUT2D eigenvalue weighted by atomic mass is 9.58. The van der Waals surface area contributed by atoms with Gasteiger partial charge in [0.2, 0.25) is 35.4 Å². The number of imide groups is 4. The molecule has 0 aromatic heterocycles. The summed E-state index contributed by atoms with van der Waals surface area (Å²) in [5, 5.41) is 0. The fraction of sp³-hybridized carbons (Fsp3) is 0.727. The number of carbonyl (C=O) groups is 13. The van der Waals surface area contributed by atoms with Gasteiger partial charge < -0.3 is 33.7 Å². The van der Waals surface area contributed by atoms with Crippen molar-refractivity contribution < 1.29 is 76.5 Å². The Morgan fingerprint density at radius 1 is 0.519 bits per heavy atom. The largest absolute Gasteiger partial charge is 0.469 e. The number of thioether (sulfide) groups is 1. The van der Waals surface area contributed by atoms with E-state index in [2.05, 4.69) is 100 Å². The molecule has 0 aromatic carbocycles. The topological polar surface area (TPSA) is 272 Å². The van der Waals surface area contributed by atoms with Crippen LogP contribution in [0, 0.1) is 34.5 Å². The average molecular weight is 1200 g/mol. The van der Waals surface area contributed by atoms with E-state index < -0.39 is 72.6 Å². The summed E-state index contributed by atoms with van der Waals surface area (Å²) in [5.41, 5.74) is -1.48. The van der Waals surface area contributed by atoms with Crippen LogP contribution in [0.15, 0.2) is 0 Å². The quantitative estimate of drug-likeness (QED) is 0.108. The van der Waals surface area contributed by atoms with E-state index in [-0.39, 0.29) is 29.5 Å². The van der Waals surface area contributed by atoms with Crippen LogP contribution < -0.4 is 0 Å². The number of ether oxygens (including phenoxy) is 3. The summed E-state index contributed by atoms with van der Waals surface area (Å²) in [4.78, 5) is 147. The summed E-state index contributed by atoms with van der Waals surface area (Å²) < 4.78 is 12.5. The number of esters is 2. The van der Waals surface area contributed by atoms with Gasteiger partial charge in [-0.25, -0.2) is 0 Å². The maximum atomic E-state index is 11.2. The first-order valence-electron chi connectivity index (χ1n) is 25.1. The Labute approximate surface area is 495 Å². The first-order chi connectivity index (χ1) is 36.2. The number of hydrogen-bond acceptors (Lipinski definition) is 18. The van der Waals surface area contributed by atoms with Crippen molar-refractivity contribution in [2.45, 2.75) is 130 Å². The zero-order valence-corrected chi connectivity index (χ0v) is 58.6. The van der Waals surface area contributed by atoms with Crippen LogP contribution in [0.5, 0.6) is 0 Å². The first-order valence-corrected chi connectivity index (χ1v) is 30.8. The van der Waals surface area contributed by atoms with Gasteiger partial charge in [0.25, 0.3) is 29.0 Å². The number of β-lactam (4-membered cyclic amide) rings is 8. The third-order valence-corrected chi connectivity index (χ3v) is 7.31. The second kappa shape index (κ2) is 52.3. The number of nitrogens with zero attached hydrogens (tertiary/aromatic N) is 7. The van der Waals surface area contributed by atoms with E-state index in [4.69, 9.17) is 0 Å². The van der Waals surface area contributed by atoms with Gasteiger partial charge in [-0.05, 0) is 66.8 Å². The molecule has 0 N–H and O–H groups in total. The van der Waals surface area contributed by atoms with Gasteiger partial charge >= 0.3 is 11.9 Å². The number of hydrogen-bond donors (Lipinski definition) is 0. The molecule has 474 valence electrons. The van der Waals surface area contributed by atoms with Gasteiger partial charge in [0, 0.05) is 106 Å². The van der Waals surface area contributed by atoms with Crippen molar-refractivity contribution in [2.24, 2.45) is 22.7 Å². The van der Waals surface area contributed by atoms with E-state index in [1.54, 1.807) is 54.2 Å². The standard InChI is InChI=1S/C8H8N2O4.C7H6N2O4.C5H12.2C4H9NO.C4H12Si.C4H6.C3H9B.C3H9N.2C3H6O2.C3H6O.C2H6O.C2H6S/c1-9-5(11)3(6(9)12)4-7(13)10(2)8(4)14;1-8-3(10)7(4(8)11)5(12)9(2)6(7)13;1-5(2,3)4;2*1-4(6)5(2)3;1-5(2,3)4;1-3-4-2;2*1-4(2)3;2*1-3(4)5-2;1-3(2)4;2*1-3-2/h3-4H,1-2H3;1-2H3;1-4H3;2*1-3H3;1-4H3;1-2H3;2*1-3H3;2*1-2H3;1-2H3;2*1-2H3. The minimum atomic E-state index is -1.98. The number of amides is 10. The highest BCUT2D eigenvalue weighted by molar-refractivity contribution is 7.97. The van der Waals surface area contributed by atoms with Crippen LogP contribution in [0.25, 0.3) is 0 Å². The number of rotatable bonds is 1. The second-order valence-electron chi connectivity index (χ2n) is 22.0. The van der Waals surface area contributed by atoms with Gasteiger partial charge in [0.1, 0.15) is 24.3 Å². The molecule has 23 nitrogen and oxygen atoms in total. The molecule has 0 unspecified atom stereocenters. The van der Waals surface area contributed by atoms with Crippen LogP contribution in [-0.4, -0.2) is 244 Å². The molecular formula is C55H110BN7O16SSi. The third kappa shape index (κ3) is 55.9. The van der Waals surface area contributed by atoms with E-state index >= 15 is 0 Å². The fourth-order valence-corrected chi connectivity index (χ4v) is 3.33. The van der Waals surface area contributed by atoms with E-state index in [0.29, 0.717) is 5.41 Å². The van der Waals surface area contributed by atoms with E-state index in [1.807, 2.05) is 52.4 Å². The van der Waals surface area contributed by atoms with E-state index in [9.17, 15) is 62.3 Å². The zero-order valence-electron chi connectivity index (χ0n) is 56.8. The summed E-state index contributed by atoms with van der Waals surface area (Å²) in [6.07, 6.45) is 4.08. The number of likely N-dealkylation sites (tertiary alicyclic amines) is 4. The predicted octanol–water partition coefficient (Wildman–Crippen LogP) is 5.16. The average Bonchev–Trinajstić information content (AvgIpc) is 3.32. The Morgan fingerprint density at radius 2 is 0.630 bits per heavy atom. The summed E-state index contributed by atoms with van der Waals surface area (Å²) in [6, 6.07) is 0. The van der Waals surface area contributed by atoms with Crippen molar-refractivity contribution in [1.29, 1.82) is 0 Å². The Kier molecular flexibility index (Phi) is 62.9. The minimum Gasteiger partial charge on any atom is -0.469 e. The normalized spacial score (nSPS) is 13.4. The Morgan fingerprint density at radius 3 is 0.704 bits per heavy atom. The first kappa shape index (κ1) is 97.4. The summed E-state index contributed by atoms with van der Waals surface area (Å²) in [7, 11) is 23.4. The maximum absolute atomic E-state index is 11.2. The van der Waals surface area contributed by atoms with Crippen molar-refractivity contribution in [3.05, 3.63) is 0 Å². The molecule has 81 heavy (non-hydrogen) atoms. The SMILES string of the molecule is CB(C)C.CC#CC.CC(=O)N(C)C.CC(=O)N(C)C.CC(C)(C)C.CC(C)=O.CN(C)C.CN1C(=O)C(C2C(=O)N(C)C2=O)C1=O.CN1C(=O)C2(C1=O)C(=O)N(C)C2=O.COC.COC(C)=O.COC(C)=O.CSC.C[Si](C)(C)C. The molecule has 0 bridgehead atoms. The van der Waals surface area contributed by atoms with Crippen molar-refractivity contribution in [2.75, 3.05) is 118 Å². The second-order valence-corrected chi connectivity index (χ2v) is 28.8. The van der Waals surface area contributed by atoms with Gasteiger partial charge in [-0.15, -0.1) is 11.8 Å². The molecule has 0 saturated carbocycles. The van der Waals surface area contributed by atoms with Crippen molar-refractivity contribution in [3.63, 3.8) is 0 Å². The molecule has 0 aromatic rings. The Balaban J connectivity index is -0.0000000870. The number of methoxy groups -OCH3 is 3. The number of Topliss-reactive ketones (excluding diaryl/α,β-unsaturated/α-hetero) is 1. The highest BCUT2D eigenvalue weighted by Gasteiger charge is 2.78. The molecule has 0 aliphatic carbocycles. The van der Waals surface area contributed by atoms with E-state index in [0.717, 1.165) is 26.3 Å². The molecule has 0 radical (unpaired) electrons. The molecular weight excluding hydrogens is 1090 g/mol. The highest BCUT2D eigenvalue weighted by Crippen LogP contribution is 2.43. The Bertz CT molecular complexity index is 1780. The summed E-state index contributed by atoms with van der Waals surface area (Å²) in [6.45, 7) is 37.9. The molecule has 26 heteroatoms. The maximum Gasteiger partial charge on any atom is 0.302 e.